The Kier molecular flexibility index (Phi) is 8.42. The number of likely N-dealkylation sites (tertiary alicyclic amines) is 1. The number of carbonyl (C=O) groups is 1. The normalized spacial score (nSPS) is 16.3. The number of aromatic nitrogens is 2. The molecule has 2 heterocycles. The summed E-state index contributed by atoms with van der Waals surface area (Å²) in [5.74, 6) is 2.92. The number of unbranched alkanes of at least 4 members (excludes halogenated alkanes) is 1. The predicted molar refractivity (Wildman–Crippen MR) is 154 cm³/mol. The van der Waals surface area contributed by atoms with E-state index in [0.717, 1.165) is 67.9 Å². The summed E-state index contributed by atoms with van der Waals surface area (Å²) in [7, 11) is 0. The van der Waals surface area contributed by atoms with Crippen LogP contribution in [0.2, 0.25) is 0 Å². The van der Waals surface area contributed by atoms with Crippen LogP contribution in [0, 0.1) is 0 Å². The van der Waals surface area contributed by atoms with Gasteiger partial charge in [-0.25, -0.2) is 4.98 Å². The first-order chi connectivity index (χ1) is 18.6. The lowest BCUT2D eigenvalue weighted by molar-refractivity contribution is -0.127. The van der Waals surface area contributed by atoms with E-state index < -0.39 is 0 Å². The van der Waals surface area contributed by atoms with Gasteiger partial charge in [-0.05, 0) is 67.0 Å². The summed E-state index contributed by atoms with van der Waals surface area (Å²) in [6.45, 7) is 7.55. The molecule has 2 atom stereocenters. The highest BCUT2D eigenvalue weighted by Crippen LogP contribution is 2.31. The van der Waals surface area contributed by atoms with Gasteiger partial charge in [0, 0.05) is 32.0 Å². The molecule has 0 spiro atoms. The zero-order valence-corrected chi connectivity index (χ0v) is 22.7. The molecule has 5 heteroatoms. The third-order valence-corrected chi connectivity index (χ3v) is 7.88. The molecule has 1 aliphatic heterocycles. The monoisotopic (exact) mass is 509 g/mol. The van der Waals surface area contributed by atoms with Crippen molar-refractivity contribution in [2.45, 2.75) is 64.3 Å². The number of rotatable bonds is 12. The summed E-state index contributed by atoms with van der Waals surface area (Å²) in [5.41, 5.74) is 4.79. The van der Waals surface area contributed by atoms with Crippen molar-refractivity contribution in [2.75, 3.05) is 19.7 Å². The first-order valence-corrected chi connectivity index (χ1v) is 14.1. The van der Waals surface area contributed by atoms with E-state index in [0.29, 0.717) is 18.9 Å². The van der Waals surface area contributed by atoms with Crippen molar-refractivity contribution in [3.63, 3.8) is 0 Å². The van der Waals surface area contributed by atoms with Gasteiger partial charge >= 0.3 is 0 Å². The molecule has 5 nitrogen and oxygen atoms in total. The quantitative estimate of drug-likeness (QED) is 0.194. The van der Waals surface area contributed by atoms with Gasteiger partial charge in [0.15, 0.2) is 0 Å². The summed E-state index contributed by atoms with van der Waals surface area (Å²) in [6, 6.07) is 27.3. The van der Waals surface area contributed by atoms with Crippen LogP contribution in [-0.4, -0.2) is 40.1 Å². The average Bonchev–Trinajstić information content (AvgIpc) is 3.52. The van der Waals surface area contributed by atoms with Crippen LogP contribution < -0.4 is 4.74 Å². The maximum Gasteiger partial charge on any atom is 0.223 e. The fraction of sp³-hybridized carbons (Fsp3) is 0.394. The van der Waals surface area contributed by atoms with Gasteiger partial charge < -0.3 is 14.2 Å². The lowest BCUT2D eigenvalue weighted by Gasteiger charge is -2.17. The first-order valence-electron chi connectivity index (χ1n) is 14.1. The maximum absolute atomic E-state index is 12.9. The average molecular weight is 510 g/mol. The number of ether oxygens (including phenoxy) is 1. The molecule has 3 aromatic carbocycles. The van der Waals surface area contributed by atoms with Crippen LogP contribution in [0.1, 0.15) is 68.3 Å². The summed E-state index contributed by atoms with van der Waals surface area (Å²) in [5, 5.41) is 0. The maximum atomic E-state index is 12.9. The minimum Gasteiger partial charge on any atom is -0.494 e. The van der Waals surface area contributed by atoms with Crippen molar-refractivity contribution in [2.24, 2.45) is 0 Å². The molecule has 0 aliphatic carbocycles. The molecule has 1 fully saturated rings. The van der Waals surface area contributed by atoms with Gasteiger partial charge in [0.1, 0.15) is 11.6 Å². The molecule has 1 saturated heterocycles. The Labute approximate surface area is 226 Å². The summed E-state index contributed by atoms with van der Waals surface area (Å²) in [6.07, 6.45) is 4.53. The highest BCUT2D eigenvalue weighted by molar-refractivity contribution is 5.81. The van der Waals surface area contributed by atoms with Crippen LogP contribution in [0.15, 0.2) is 78.9 Å². The van der Waals surface area contributed by atoms with Gasteiger partial charge in [0.2, 0.25) is 5.91 Å². The molecule has 1 amide bonds. The second kappa shape index (κ2) is 12.3. The number of aryl methyl sites for hydroxylation is 1. The molecule has 0 radical (unpaired) electrons. The molecule has 1 aromatic heterocycles. The van der Waals surface area contributed by atoms with Gasteiger partial charge in [0.25, 0.3) is 0 Å². The number of hydrogen-bond donors (Lipinski definition) is 0. The third-order valence-electron chi connectivity index (χ3n) is 7.88. The highest BCUT2D eigenvalue weighted by Gasteiger charge is 2.33. The fourth-order valence-corrected chi connectivity index (χ4v) is 5.40. The predicted octanol–water partition coefficient (Wildman–Crippen LogP) is 6.97. The second-order valence-electron chi connectivity index (χ2n) is 10.5. The van der Waals surface area contributed by atoms with E-state index in [9.17, 15) is 4.79 Å². The first kappa shape index (κ1) is 26.0. The van der Waals surface area contributed by atoms with Crippen LogP contribution in [0.25, 0.3) is 11.0 Å². The highest BCUT2D eigenvalue weighted by atomic mass is 16.5. The zero-order chi connectivity index (χ0) is 26.3. The number of hydrogen-bond acceptors (Lipinski definition) is 3. The van der Waals surface area contributed by atoms with E-state index in [1.165, 1.54) is 11.1 Å². The van der Waals surface area contributed by atoms with Gasteiger partial charge in [-0.3, -0.25) is 4.79 Å². The van der Waals surface area contributed by atoms with Gasteiger partial charge in [-0.15, -0.1) is 0 Å². The molecular formula is C33H39N3O2. The summed E-state index contributed by atoms with van der Waals surface area (Å²) in [4.78, 5) is 19.9. The SMILES string of the molecule is CCC(C)c1ccc(OCCCCn2c(C3CC(=O)N(CCc4ccccc4)C3)nc3ccccc32)cc1. The molecule has 38 heavy (non-hydrogen) atoms. The Hall–Kier alpha value is -3.60. The standard InChI is InChI=1S/C33H39N3O2/c1-3-25(2)27-15-17-29(18-16-27)38-22-10-9-20-36-31-14-8-7-13-30(31)34-33(36)28-23-32(37)35(24-28)21-19-26-11-5-4-6-12-26/h4-8,11-18,25,28H,3,9-10,19-24H2,1-2H3. The molecule has 0 N–H and O–H groups in total. The minimum absolute atomic E-state index is 0.131. The van der Waals surface area contributed by atoms with E-state index in [1.807, 2.05) is 17.0 Å². The molecule has 2 unspecified atom stereocenters. The van der Waals surface area contributed by atoms with Crippen molar-refractivity contribution < 1.29 is 9.53 Å². The van der Waals surface area contributed by atoms with Crippen LogP contribution in [-0.2, 0) is 17.8 Å². The Morgan fingerprint density at radius 1 is 0.947 bits per heavy atom. The van der Waals surface area contributed by atoms with Crippen LogP contribution in [0.3, 0.4) is 0 Å². The molecule has 1 aliphatic rings. The van der Waals surface area contributed by atoms with Crippen molar-refractivity contribution in [3.05, 3.63) is 95.8 Å². The lowest BCUT2D eigenvalue weighted by atomic mass is 9.99. The topological polar surface area (TPSA) is 47.4 Å². The van der Waals surface area contributed by atoms with E-state index in [4.69, 9.17) is 9.72 Å². The van der Waals surface area contributed by atoms with E-state index in [2.05, 4.69) is 85.1 Å². The number of imidazole rings is 1. The molecule has 4 aromatic rings. The largest absolute Gasteiger partial charge is 0.494 e. The summed E-state index contributed by atoms with van der Waals surface area (Å²) >= 11 is 0. The van der Waals surface area contributed by atoms with Crippen LogP contribution in [0.4, 0.5) is 0 Å². The molecule has 198 valence electrons. The Balaban J connectivity index is 1.19. The van der Waals surface area contributed by atoms with Crippen LogP contribution in [0.5, 0.6) is 5.75 Å². The van der Waals surface area contributed by atoms with Crippen molar-refractivity contribution in [3.8, 4) is 5.75 Å². The molecule has 0 bridgehead atoms. The minimum atomic E-state index is 0.131. The van der Waals surface area contributed by atoms with E-state index in [-0.39, 0.29) is 11.8 Å². The van der Waals surface area contributed by atoms with Gasteiger partial charge in [-0.1, -0.05) is 68.4 Å². The van der Waals surface area contributed by atoms with Crippen molar-refractivity contribution >= 4 is 16.9 Å². The Morgan fingerprint density at radius 2 is 1.71 bits per heavy atom. The molecule has 5 rings (SSSR count). The summed E-state index contributed by atoms with van der Waals surface area (Å²) < 4.78 is 8.37. The Bertz CT molecular complexity index is 1330. The molecular weight excluding hydrogens is 470 g/mol. The van der Waals surface area contributed by atoms with E-state index >= 15 is 0 Å². The number of amides is 1. The Morgan fingerprint density at radius 3 is 2.50 bits per heavy atom. The van der Waals surface area contributed by atoms with Gasteiger partial charge in [-0.2, -0.15) is 0 Å². The number of nitrogens with zero attached hydrogens (tertiary/aromatic N) is 3. The zero-order valence-electron chi connectivity index (χ0n) is 22.7. The van der Waals surface area contributed by atoms with E-state index in [1.54, 1.807) is 0 Å². The van der Waals surface area contributed by atoms with Crippen molar-refractivity contribution in [1.29, 1.82) is 0 Å². The van der Waals surface area contributed by atoms with Crippen molar-refractivity contribution in [1.82, 2.24) is 14.5 Å². The number of benzene rings is 3. The van der Waals surface area contributed by atoms with Crippen LogP contribution >= 0.6 is 0 Å². The fourth-order valence-electron chi connectivity index (χ4n) is 5.40. The second-order valence-corrected chi connectivity index (χ2v) is 10.5. The number of para-hydroxylation sites is 2. The van der Waals surface area contributed by atoms with Gasteiger partial charge in [0.05, 0.1) is 17.6 Å². The third kappa shape index (κ3) is 6.09. The smallest absolute Gasteiger partial charge is 0.223 e. The lowest BCUT2D eigenvalue weighted by Crippen LogP contribution is -2.27. The number of carbonyl (C=O) groups excluding carboxylic acids is 1. The molecule has 0 saturated carbocycles. The number of fused-ring (bicyclic) bond motifs is 1.